The Labute approximate surface area is 252 Å². The Kier molecular flexibility index (Phi) is 7.88. The van der Waals surface area contributed by atoms with Gasteiger partial charge in [-0.1, -0.05) is 84.9 Å². The van der Waals surface area contributed by atoms with Gasteiger partial charge in [0.25, 0.3) is 0 Å². The predicted molar refractivity (Wildman–Crippen MR) is 173 cm³/mol. The third kappa shape index (κ3) is 5.84. The van der Waals surface area contributed by atoms with Gasteiger partial charge in [-0.2, -0.15) is 0 Å². The first-order valence-corrected chi connectivity index (χ1v) is 15.6. The topological polar surface area (TPSA) is 57.9 Å². The van der Waals surface area contributed by atoms with Crippen molar-refractivity contribution in [1.82, 2.24) is 4.90 Å². The second kappa shape index (κ2) is 11.5. The summed E-state index contributed by atoms with van der Waals surface area (Å²) in [7, 11) is 1.87. The van der Waals surface area contributed by atoms with Gasteiger partial charge in [0.2, 0.25) is 0 Å². The highest BCUT2D eigenvalue weighted by molar-refractivity contribution is 6.62. The molecule has 218 valence electrons. The van der Waals surface area contributed by atoms with E-state index in [4.69, 9.17) is 19.7 Å². The van der Waals surface area contributed by atoms with E-state index in [0.29, 0.717) is 29.6 Å². The molecule has 1 aliphatic heterocycles. The van der Waals surface area contributed by atoms with Gasteiger partial charge in [0.1, 0.15) is 5.84 Å². The first kappa shape index (κ1) is 28.9. The van der Waals surface area contributed by atoms with Crippen LogP contribution in [0.25, 0.3) is 0 Å². The van der Waals surface area contributed by atoms with Gasteiger partial charge in [0.15, 0.2) is 5.84 Å². The van der Waals surface area contributed by atoms with Crippen molar-refractivity contribution in [1.29, 1.82) is 5.41 Å². The summed E-state index contributed by atoms with van der Waals surface area (Å²) in [5, 5.41) is 8.74. The summed E-state index contributed by atoms with van der Waals surface area (Å²) in [6.45, 7) is 8.42. The van der Waals surface area contributed by atoms with Gasteiger partial charge >= 0.3 is 7.12 Å². The molecule has 3 aromatic rings. The summed E-state index contributed by atoms with van der Waals surface area (Å²) >= 11 is 0. The highest BCUT2D eigenvalue weighted by atomic mass is 16.7. The van der Waals surface area contributed by atoms with Crippen molar-refractivity contribution in [2.24, 2.45) is 16.8 Å². The summed E-state index contributed by atoms with van der Waals surface area (Å²) in [5.74, 6) is 3.19. The van der Waals surface area contributed by atoms with Crippen LogP contribution in [0.5, 0.6) is 0 Å². The second-order valence-corrected chi connectivity index (χ2v) is 13.6. The summed E-state index contributed by atoms with van der Waals surface area (Å²) in [6.07, 6.45) is 6.12. The standard InChI is InChI=1S/C36H44BN3O2/c1-35(2)36(3,4)42-37(41-35)31-18-16-27(17-19-31)30-21-25-20-26(22-30)24-32(23-25)40(5)34(29-14-10-7-11-15-29)39-33(38)28-12-8-6-9-13-28/h6-19,25-26,30,32,38H,20-24H2,1-5H3/b38-33?,39-34-. The fraction of sp³-hybridized carbons (Fsp3) is 0.444. The third-order valence-electron chi connectivity index (χ3n) is 10.2. The second-order valence-electron chi connectivity index (χ2n) is 13.6. The molecular formula is C36H44BN3O2. The van der Waals surface area contributed by atoms with Crippen LogP contribution in [0.3, 0.4) is 0 Å². The average Bonchev–Trinajstić information content (AvgIpc) is 3.22. The quantitative estimate of drug-likeness (QED) is 0.206. The van der Waals surface area contributed by atoms with Crippen LogP contribution in [0.4, 0.5) is 0 Å². The molecule has 2 saturated carbocycles. The fourth-order valence-electron chi connectivity index (χ4n) is 7.18. The molecule has 0 amide bonds. The van der Waals surface area contributed by atoms with Crippen LogP contribution in [-0.4, -0.2) is 48.0 Å². The monoisotopic (exact) mass is 561 g/mol. The summed E-state index contributed by atoms with van der Waals surface area (Å²) in [4.78, 5) is 7.28. The molecule has 3 aromatic carbocycles. The number of rotatable bonds is 5. The lowest BCUT2D eigenvalue weighted by atomic mass is 9.64. The van der Waals surface area contributed by atoms with Crippen molar-refractivity contribution in [3.63, 3.8) is 0 Å². The lowest BCUT2D eigenvalue weighted by Crippen LogP contribution is -2.45. The van der Waals surface area contributed by atoms with Gasteiger partial charge in [0, 0.05) is 24.2 Å². The van der Waals surface area contributed by atoms with Crippen molar-refractivity contribution >= 4 is 24.3 Å². The van der Waals surface area contributed by atoms with E-state index in [-0.39, 0.29) is 18.3 Å². The number of nitrogens with one attached hydrogen (secondary N) is 1. The molecule has 0 aromatic heterocycles. The zero-order valence-electron chi connectivity index (χ0n) is 25.7. The Morgan fingerprint density at radius 3 is 1.81 bits per heavy atom. The van der Waals surface area contributed by atoms with E-state index in [1.165, 1.54) is 37.7 Å². The summed E-state index contributed by atoms with van der Waals surface area (Å²) in [5.41, 5.74) is 3.80. The van der Waals surface area contributed by atoms with Crippen molar-refractivity contribution in [2.45, 2.75) is 83.0 Å². The van der Waals surface area contributed by atoms with E-state index >= 15 is 0 Å². The van der Waals surface area contributed by atoms with Gasteiger partial charge in [-0.15, -0.1) is 0 Å². The predicted octanol–water partition coefficient (Wildman–Crippen LogP) is 7.05. The van der Waals surface area contributed by atoms with Crippen LogP contribution < -0.4 is 5.46 Å². The molecule has 42 heavy (non-hydrogen) atoms. The van der Waals surface area contributed by atoms with E-state index in [2.05, 4.69) is 88.2 Å². The molecular weight excluding hydrogens is 517 g/mol. The Morgan fingerprint density at radius 2 is 1.26 bits per heavy atom. The van der Waals surface area contributed by atoms with Crippen LogP contribution in [0.15, 0.2) is 89.9 Å². The van der Waals surface area contributed by atoms with Crippen molar-refractivity contribution in [3.05, 3.63) is 102 Å². The van der Waals surface area contributed by atoms with E-state index in [9.17, 15) is 0 Å². The molecule has 6 rings (SSSR count). The lowest BCUT2D eigenvalue weighted by molar-refractivity contribution is 0.00578. The zero-order valence-corrected chi connectivity index (χ0v) is 25.7. The van der Waals surface area contributed by atoms with Crippen molar-refractivity contribution in [2.75, 3.05) is 7.05 Å². The largest absolute Gasteiger partial charge is 0.494 e. The maximum Gasteiger partial charge on any atom is 0.494 e. The van der Waals surface area contributed by atoms with Crippen LogP contribution >= 0.6 is 0 Å². The number of amidine groups is 2. The third-order valence-corrected chi connectivity index (χ3v) is 10.2. The van der Waals surface area contributed by atoms with Crippen LogP contribution in [0.1, 0.15) is 82.4 Å². The van der Waals surface area contributed by atoms with E-state index in [1.54, 1.807) is 0 Å². The summed E-state index contributed by atoms with van der Waals surface area (Å²) in [6, 6.07) is 29.7. The number of fused-ring (bicyclic) bond motifs is 2. The van der Waals surface area contributed by atoms with Gasteiger partial charge in [0.05, 0.1) is 11.2 Å². The molecule has 3 aliphatic rings. The number of aliphatic imine (C=N–C) groups is 1. The SMILES string of the molecule is CN(/C(=N\C(=N)c1ccccc1)c1ccccc1)C1CC2CC(CC(c3ccc(B4OC(C)(C)C(C)(C)O4)cc3)C2)C1. The van der Waals surface area contributed by atoms with Gasteiger partial charge in [-0.05, 0) is 88.6 Å². The Bertz CT molecular complexity index is 1390. The van der Waals surface area contributed by atoms with Gasteiger partial charge in [-0.3, -0.25) is 5.41 Å². The molecule has 2 atom stereocenters. The molecule has 0 spiro atoms. The van der Waals surface area contributed by atoms with E-state index < -0.39 is 0 Å². The summed E-state index contributed by atoms with van der Waals surface area (Å²) < 4.78 is 12.6. The van der Waals surface area contributed by atoms with Crippen molar-refractivity contribution < 1.29 is 9.31 Å². The molecule has 2 bridgehead atoms. The van der Waals surface area contributed by atoms with Gasteiger partial charge in [-0.25, -0.2) is 4.99 Å². The zero-order chi connectivity index (χ0) is 29.5. The maximum absolute atomic E-state index is 8.74. The van der Waals surface area contributed by atoms with E-state index in [1.807, 2.05) is 36.4 Å². The first-order valence-electron chi connectivity index (χ1n) is 15.6. The highest BCUT2D eigenvalue weighted by Gasteiger charge is 2.51. The van der Waals surface area contributed by atoms with Crippen LogP contribution in [0, 0.1) is 17.2 Å². The molecule has 1 heterocycles. The number of hydrogen-bond acceptors (Lipinski definition) is 3. The average molecular weight is 562 g/mol. The lowest BCUT2D eigenvalue weighted by Gasteiger charge is -2.46. The first-order chi connectivity index (χ1) is 20.1. The molecule has 5 nitrogen and oxygen atoms in total. The Balaban J connectivity index is 1.15. The molecule has 3 fully saturated rings. The Hall–Kier alpha value is -3.22. The molecule has 0 radical (unpaired) electrons. The number of benzene rings is 3. The highest BCUT2D eigenvalue weighted by Crippen LogP contribution is 2.47. The van der Waals surface area contributed by atoms with Crippen molar-refractivity contribution in [3.8, 4) is 0 Å². The number of nitrogens with zero attached hydrogens (tertiary/aromatic N) is 2. The number of hydrogen-bond donors (Lipinski definition) is 1. The molecule has 1 N–H and O–H groups in total. The van der Waals surface area contributed by atoms with E-state index in [0.717, 1.165) is 22.4 Å². The minimum absolute atomic E-state index is 0.307. The normalized spacial score (nSPS) is 26.6. The maximum atomic E-state index is 8.74. The van der Waals surface area contributed by atoms with Crippen LogP contribution in [-0.2, 0) is 9.31 Å². The molecule has 1 saturated heterocycles. The smallest absolute Gasteiger partial charge is 0.399 e. The van der Waals surface area contributed by atoms with Crippen LogP contribution in [0.2, 0.25) is 0 Å². The van der Waals surface area contributed by atoms with Gasteiger partial charge < -0.3 is 14.2 Å². The Morgan fingerprint density at radius 1 is 0.738 bits per heavy atom. The minimum Gasteiger partial charge on any atom is -0.399 e. The minimum atomic E-state index is -0.326. The molecule has 2 unspecified atom stereocenters. The molecule has 2 aliphatic carbocycles. The molecule has 6 heteroatoms. The fourth-order valence-corrected chi connectivity index (χ4v) is 7.18.